The lowest BCUT2D eigenvalue weighted by atomic mass is 10.1. The number of aromatic amines is 1. The molecule has 0 aliphatic carbocycles. The van der Waals surface area contributed by atoms with Crippen molar-refractivity contribution < 1.29 is 4.79 Å². The number of carbonyl (C=O) groups is 1. The van der Waals surface area contributed by atoms with Crippen LogP contribution in [0, 0.1) is 13.8 Å². The van der Waals surface area contributed by atoms with E-state index < -0.39 is 0 Å². The molecule has 2 rings (SSSR count). The highest BCUT2D eigenvalue weighted by Gasteiger charge is 2.13. The van der Waals surface area contributed by atoms with Crippen LogP contribution in [0.25, 0.3) is 0 Å². The summed E-state index contributed by atoms with van der Waals surface area (Å²) in [6.07, 6.45) is 0.409. The summed E-state index contributed by atoms with van der Waals surface area (Å²) in [4.78, 5) is 18.0. The molecule has 0 saturated carbocycles. The van der Waals surface area contributed by atoms with Crippen LogP contribution in [0.3, 0.4) is 0 Å². The number of H-pyrrole nitrogens is 1. The van der Waals surface area contributed by atoms with Gasteiger partial charge in [0.05, 0.1) is 13.0 Å². The highest BCUT2D eigenvalue weighted by Crippen LogP contribution is 2.09. The number of benzene rings is 1. The lowest BCUT2D eigenvalue weighted by Gasteiger charge is -2.16. The number of nitrogens with one attached hydrogen (secondary N) is 1. The molecule has 19 heavy (non-hydrogen) atoms. The number of carbonyl (C=O) groups excluding carboxylic acids is 1. The van der Waals surface area contributed by atoms with Crippen LogP contribution < -0.4 is 0 Å². The number of aromatic nitrogens is 3. The molecule has 0 bridgehead atoms. The van der Waals surface area contributed by atoms with Gasteiger partial charge in [-0.1, -0.05) is 24.3 Å². The lowest BCUT2D eigenvalue weighted by molar-refractivity contribution is -0.129. The minimum absolute atomic E-state index is 0.0664. The predicted octanol–water partition coefficient (Wildman–Crippen LogP) is 1.62. The number of amides is 1. The van der Waals surface area contributed by atoms with Crippen LogP contribution >= 0.6 is 0 Å². The Kier molecular flexibility index (Phi) is 3.94. The van der Waals surface area contributed by atoms with Gasteiger partial charge in [-0.25, -0.2) is 4.98 Å². The Balaban J connectivity index is 1.98. The minimum atomic E-state index is 0.0664. The van der Waals surface area contributed by atoms with Crippen LogP contribution in [0.1, 0.15) is 22.8 Å². The fraction of sp³-hybridized carbons (Fsp3) is 0.357. The summed E-state index contributed by atoms with van der Waals surface area (Å²) < 4.78 is 0. The van der Waals surface area contributed by atoms with E-state index in [2.05, 4.69) is 15.2 Å². The maximum atomic E-state index is 12.1. The minimum Gasteiger partial charge on any atom is -0.338 e. The Bertz CT molecular complexity index is 576. The molecule has 0 atom stereocenters. The summed E-state index contributed by atoms with van der Waals surface area (Å²) in [5, 5.41) is 6.81. The second-order valence-electron chi connectivity index (χ2n) is 4.69. The third kappa shape index (κ3) is 3.40. The molecule has 0 aliphatic heterocycles. The second-order valence-corrected chi connectivity index (χ2v) is 4.69. The standard InChI is InChI=1S/C14H18N4O/c1-10-6-4-5-7-12(10)8-14(19)18(3)9-13-15-11(2)16-17-13/h4-7H,8-9H2,1-3H3,(H,15,16,17). The van der Waals surface area contributed by atoms with Gasteiger partial charge in [0.1, 0.15) is 5.82 Å². The van der Waals surface area contributed by atoms with Gasteiger partial charge in [-0.3, -0.25) is 9.89 Å². The first-order valence-corrected chi connectivity index (χ1v) is 6.22. The van der Waals surface area contributed by atoms with Crippen molar-refractivity contribution in [3.05, 3.63) is 47.0 Å². The van der Waals surface area contributed by atoms with Crippen molar-refractivity contribution in [3.63, 3.8) is 0 Å². The zero-order chi connectivity index (χ0) is 13.8. The van der Waals surface area contributed by atoms with Gasteiger partial charge in [-0.05, 0) is 25.0 Å². The van der Waals surface area contributed by atoms with E-state index in [4.69, 9.17) is 0 Å². The lowest BCUT2D eigenvalue weighted by Crippen LogP contribution is -2.28. The quantitative estimate of drug-likeness (QED) is 0.906. The number of aryl methyl sites for hydroxylation is 2. The number of hydrogen-bond acceptors (Lipinski definition) is 3. The molecule has 0 spiro atoms. The van der Waals surface area contributed by atoms with Gasteiger partial charge in [0.2, 0.25) is 5.91 Å². The Morgan fingerprint density at radius 2 is 2.05 bits per heavy atom. The van der Waals surface area contributed by atoms with Crippen molar-refractivity contribution in [1.82, 2.24) is 20.1 Å². The molecule has 1 aromatic heterocycles. The van der Waals surface area contributed by atoms with E-state index in [0.717, 1.165) is 17.0 Å². The van der Waals surface area contributed by atoms with E-state index in [-0.39, 0.29) is 5.91 Å². The molecule has 1 heterocycles. The Hall–Kier alpha value is -2.17. The summed E-state index contributed by atoms with van der Waals surface area (Å²) in [6, 6.07) is 7.93. The monoisotopic (exact) mass is 258 g/mol. The van der Waals surface area contributed by atoms with E-state index in [1.807, 2.05) is 38.1 Å². The summed E-state index contributed by atoms with van der Waals surface area (Å²) >= 11 is 0. The molecule has 5 nitrogen and oxygen atoms in total. The summed E-state index contributed by atoms with van der Waals surface area (Å²) in [5.41, 5.74) is 2.20. The van der Waals surface area contributed by atoms with Crippen LogP contribution in [0.2, 0.25) is 0 Å². The molecule has 1 amide bonds. The van der Waals surface area contributed by atoms with E-state index in [1.165, 1.54) is 0 Å². The fourth-order valence-electron chi connectivity index (χ4n) is 1.87. The van der Waals surface area contributed by atoms with Crippen molar-refractivity contribution in [1.29, 1.82) is 0 Å². The highest BCUT2D eigenvalue weighted by atomic mass is 16.2. The molecule has 0 fully saturated rings. The SMILES string of the molecule is Cc1nc(CN(C)C(=O)Cc2ccccc2C)n[nH]1. The summed E-state index contributed by atoms with van der Waals surface area (Å²) in [6.45, 7) is 4.28. The van der Waals surface area contributed by atoms with Gasteiger partial charge in [-0.2, -0.15) is 5.10 Å². The first-order chi connectivity index (χ1) is 9.06. The van der Waals surface area contributed by atoms with E-state index in [0.29, 0.717) is 18.8 Å². The van der Waals surface area contributed by atoms with Crippen molar-refractivity contribution in [2.75, 3.05) is 7.05 Å². The normalized spacial score (nSPS) is 10.5. The molecule has 1 aromatic carbocycles. The van der Waals surface area contributed by atoms with Gasteiger partial charge < -0.3 is 4.90 Å². The van der Waals surface area contributed by atoms with Crippen LogP contribution in [0.4, 0.5) is 0 Å². The average molecular weight is 258 g/mol. The van der Waals surface area contributed by atoms with Crippen molar-refractivity contribution >= 4 is 5.91 Å². The number of hydrogen-bond donors (Lipinski definition) is 1. The maximum absolute atomic E-state index is 12.1. The second kappa shape index (κ2) is 5.65. The first kappa shape index (κ1) is 13.3. The van der Waals surface area contributed by atoms with Gasteiger partial charge in [0, 0.05) is 7.05 Å². The Morgan fingerprint density at radius 1 is 1.32 bits per heavy atom. The van der Waals surface area contributed by atoms with Gasteiger partial charge >= 0.3 is 0 Å². The topological polar surface area (TPSA) is 61.9 Å². The van der Waals surface area contributed by atoms with E-state index >= 15 is 0 Å². The summed E-state index contributed by atoms with van der Waals surface area (Å²) in [7, 11) is 1.77. The van der Waals surface area contributed by atoms with Crippen molar-refractivity contribution in [2.45, 2.75) is 26.8 Å². The van der Waals surface area contributed by atoms with Crippen LogP contribution in [-0.2, 0) is 17.8 Å². The summed E-state index contributed by atoms with van der Waals surface area (Å²) in [5.74, 6) is 1.46. The molecular weight excluding hydrogens is 240 g/mol. The molecule has 5 heteroatoms. The largest absolute Gasteiger partial charge is 0.338 e. The van der Waals surface area contributed by atoms with E-state index in [1.54, 1.807) is 11.9 Å². The van der Waals surface area contributed by atoms with E-state index in [9.17, 15) is 4.79 Å². The first-order valence-electron chi connectivity index (χ1n) is 6.22. The number of likely N-dealkylation sites (N-methyl/N-ethyl adjacent to an activating group) is 1. The van der Waals surface area contributed by atoms with Gasteiger partial charge in [0.15, 0.2) is 5.82 Å². The number of rotatable bonds is 4. The molecule has 0 saturated heterocycles. The molecule has 0 radical (unpaired) electrons. The fourth-order valence-corrected chi connectivity index (χ4v) is 1.87. The molecular formula is C14H18N4O. The van der Waals surface area contributed by atoms with Crippen molar-refractivity contribution in [3.8, 4) is 0 Å². The molecule has 100 valence electrons. The third-order valence-electron chi connectivity index (χ3n) is 3.05. The smallest absolute Gasteiger partial charge is 0.227 e. The molecule has 1 N–H and O–H groups in total. The Labute approximate surface area is 112 Å². The molecule has 0 unspecified atom stereocenters. The van der Waals surface area contributed by atoms with Gasteiger partial charge in [0.25, 0.3) is 0 Å². The van der Waals surface area contributed by atoms with Gasteiger partial charge in [-0.15, -0.1) is 0 Å². The predicted molar refractivity (Wildman–Crippen MR) is 72.5 cm³/mol. The van der Waals surface area contributed by atoms with Crippen LogP contribution in [0.15, 0.2) is 24.3 Å². The zero-order valence-electron chi connectivity index (χ0n) is 11.5. The average Bonchev–Trinajstić information content (AvgIpc) is 2.77. The maximum Gasteiger partial charge on any atom is 0.227 e. The zero-order valence-corrected chi connectivity index (χ0v) is 11.5. The van der Waals surface area contributed by atoms with Crippen LogP contribution in [0.5, 0.6) is 0 Å². The van der Waals surface area contributed by atoms with Crippen LogP contribution in [-0.4, -0.2) is 33.0 Å². The Morgan fingerprint density at radius 3 is 2.68 bits per heavy atom. The number of nitrogens with zero attached hydrogens (tertiary/aromatic N) is 3. The van der Waals surface area contributed by atoms with Crippen molar-refractivity contribution in [2.24, 2.45) is 0 Å². The third-order valence-corrected chi connectivity index (χ3v) is 3.05. The molecule has 0 aliphatic rings. The highest BCUT2D eigenvalue weighted by molar-refractivity contribution is 5.78. The molecule has 2 aromatic rings.